The van der Waals surface area contributed by atoms with Crippen LogP contribution in [-0.2, 0) is 0 Å². The van der Waals surface area contributed by atoms with Crippen LogP contribution in [0.5, 0.6) is 17.4 Å². The first-order valence-electron chi connectivity index (χ1n) is 12.9. The molecule has 1 aromatic carbocycles. The van der Waals surface area contributed by atoms with Gasteiger partial charge in [-0.1, -0.05) is 32.6 Å². The predicted molar refractivity (Wildman–Crippen MR) is 141 cm³/mol. The fourth-order valence-corrected chi connectivity index (χ4v) is 4.35. The largest absolute Gasteiger partial charge is 0.472 e. The highest BCUT2D eigenvalue weighted by molar-refractivity contribution is 5.97. The number of aliphatic hydroxyl groups is 1. The van der Waals surface area contributed by atoms with Crippen LogP contribution >= 0.6 is 0 Å². The van der Waals surface area contributed by atoms with Gasteiger partial charge in [-0.05, 0) is 37.1 Å². The molecule has 9 heteroatoms. The molecule has 202 valence electrons. The van der Waals surface area contributed by atoms with Crippen molar-refractivity contribution in [1.82, 2.24) is 14.8 Å². The van der Waals surface area contributed by atoms with Crippen LogP contribution in [0.4, 0.5) is 0 Å². The number of likely N-dealkylation sites (N-methyl/N-ethyl adjacent to an activating group) is 1. The Morgan fingerprint density at radius 1 is 1.24 bits per heavy atom. The highest BCUT2D eigenvalue weighted by Crippen LogP contribution is 2.33. The molecule has 2 amide bonds. The Labute approximate surface area is 223 Å². The number of ether oxygens (including phenoxy) is 3. The maximum absolute atomic E-state index is 13.5. The first-order valence-corrected chi connectivity index (χ1v) is 12.9. The molecule has 2 aliphatic heterocycles. The van der Waals surface area contributed by atoms with Gasteiger partial charge in [0.25, 0.3) is 11.8 Å². The molecule has 4 rings (SSSR count). The lowest BCUT2D eigenvalue weighted by atomic mass is 9.99. The Kier molecular flexibility index (Phi) is 8.42. The van der Waals surface area contributed by atoms with E-state index >= 15 is 0 Å². The Balaban J connectivity index is 1.60. The number of rotatable bonds is 6. The number of hydrogen-bond acceptors (Lipinski definition) is 7. The van der Waals surface area contributed by atoms with E-state index in [2.05, 4.69) is 30.7 Å². The molecule has 38 heavy (non-hydrogen) atoms. The lowest BCUT2D eigenvalue weighted by Crippen LogP contribution is -2.50. The van der Waals surface area contributed by atoms with Crippen LogP contribution in [0.25, 0.3) is 0 Å². The fourth-order valence-electron chi connectivity index (χ4n) is 4.35. The summed E-state index contributed by atoms with van der Waals surface area (Å²) in [5, 5.41) is 9.87. The smallest absolute Gasteiger partial charge is 0.259 e. The summed E-state index contributed by atoms with van der Waals surface area (Å²) in [4.78, 5) is 34.5. The summed E-state index contributed by atoms with van der Waals surface area (Å²) in [5.74, 6) is 7.38. The summed E-state index contributed by atoms with van der Waals surface area (Å²) in [6.45, 7) is 8.52. The molecule has 2 aromatic rings. The molecule has 1 N–H and O–H groups in total. The van der Waals surface area contributed by atoms with E-state index in [9.17, 15) is 14.7 Å². The summed E-state index contributed by atoms with van der Waals surface area (Å²) in [7, 11) is 1.71. The number of aromatic nitrogens is 1. The van der Waals surface area contributed by atoms with Gasteiger partial charge in [0.05, 0.1) is 19.2 Å². The standard InChI is InChI=1S/C29H35N3O6/c1-18(2)7-6-8-21-11-23-27(30-13-21)38-26(19(3)14-32(29(23)35)20(4)16-33)15-31(5)28(34)22-9-10-24-25(12-22)37-17-36-24/h9-13,18-20,26,33H,7,14-17H2,1-5H3/t19-,20-,26+/m1/s1. The SMILES string of the molecule is CC(C)CC#Cc1cnc2c(c1)C(=O)N([C@H](C)CO)C[C@@H](C)[C@H](CN(C)C(=O)c1ccc3c(c1)OCO3)O2. The summed E-state index contributed by atoms with van der Waals surface area (Å²) < 4.78 is 17.1. The molecule has 0 bridgehead atoms. The van der Waals surface area contributed by atoms with Crippen LogP contribution in [0, 0.1) is 23.7 Å². The van der Waals surface area contributed by atoms with Crippen molar-refractivity contribution >= 4 is 11.8 Å². The Morgan fingerprint density at radius 2 is 2.00 bits per heavy atom. The van der Waals surface area contributed by atoms with E-state index in [0.717, 1.165) is 6.42 Å². The second-order valence-corrected chi connectivity index (χ2v) is 10.4. The van der Waals surface area contributed by atoms with Gasteiger partial charge >= 0.3 is 0 Å². The molecule has 0 aliphatic carbocycles. The van der Waals surface area contributed by atoms with Crippen molar-refractivity contribution in [3.63, 3.8) is 0 Å². The number of nitrogens with zero attached hydrogens (tertiary/aromatic N) is 3. The van der Waals surface area contributed by atoms with Crippen LogP contribution in [0.3, 0.4) is 0 Å². The average molecular weight is 522 g/mol. The van der Waals surface area contributed by atoms with Crippen molar-refractivity contribution < 1.29 is 28.9 Å². The van der Waals surface area contributed by atoms with Crippen LogP contribution < -0.4 is 14.2 Å². The normalized spacial score (nSPS) is 19.0. The molecule has 0 fully saturated rings. The molecule has 3 atom stereocenters. The molecule has 0 saturated carbocycles. The monoisotopic (exact) mass is 521 g/mol. The van der Waals surface area contributed by atoms with Gasteiger partial charge in [0.1, 0.15) is 11.7 Å². The molecule has 3 heterocycles. The van der Waals surface area contributed by atoms with Crippen molar-refractivity contribution in [2.24, 2.45) is 11.8 Å². The zero-order chi connectivity index (χ0) is 27.4. The minimum Gasteiger partial charge on any atom is -0.472 e. The van der Waals surface area contributed by atoms with Crippen LogP contribution in [-0.4, -0.2) is 77.4 Å². The van der Waals surface area contributed by atoms with E-state index < -0.39 is 12.1 Å². The molecule has 0 saturated heterocycles. The van der Waals surface area contributed by atoms with E-state index in [1.807, 2.05) is 6.92 Å². The second kappa shape index (κ2) is 11.7. The maximum Gasteiger partial charge on any atom is 0.259 e. The molecule has 1 aromatic heterocycles. The van der Waals surface area contributed by atoms with E-state index in [1.54, 1.807) is 54.2 Å². The lowest BCUT2D eigenvalue weighted by molar-refractivity contribution is 0.0313. The number of amides is 2. The van der Waals surface area contributed by atoms with Gasteiger partial charge in [-0.2, -0.15) is 0 Å². The molecule has 0 spiro atoms. The van der Waals surface area contributed by atoms with E-state index in [4.69, 9.17) is 14.2 Å². The van der Waals surface area contributed by atoms with Gasteiger partial charge in [-0.15, -0.1) is 0 Å². The zero-order valence-corrected chi connectivity index (χ0v) is 22.6. The number of aliphatic hydroxyl groups excluding tert-OH is 1. The molecule has 9 nitrogen and oxygen atoms in total. The van der Waals surface area contributed by atoms with Crippen LogP contribution in [0.1, 0.15) is 60.4 Å². The van der Waals surface area contributed by atoms with Gasteiger partial charge in [-0.3, -0.25) is 9.59 Å². The lowest BCUT2D eigenvalue weighted by Gasteiger charge is -2.37. The average Bonchev–Trinajstić information content (AvgIpc) is 3.37. The van der Waals surface area contributed by atoms with Gasteiger partial charge in [0.2, 0.25) is 12.7 Å². The third-order valence-electron chi connectivity index (χ3n) is 6.68. The molecule has 0 unspecified atom stereocenters. The quantitative estimate of drug-likeness (QED) is 0.583. The number of hydrogen-bond donors (Lipinski definition) is 1. The molecular formula is C29H35N3O6. The highest BCUT2D eigenvalue weighted by Gasteiger charge is 2.35. The fraction of sp³-hybridized carbons (Fsp3) is 0.483. The first-order chi connectivity index (χ1) is 18.2. The minimum absolute atomic E-state index is 0.134. The van der Waals surface area contributed by atoms with Crippen molar-refractivity contribution in [2.45, 2.75) is 46.3 Å². The van der Waals surface area contributed by atoms with Crippen LogP contribution in [0.15, 0.2) is 30.5 Å². The van der Waals surface area contributed by atoms with E-state index in [-0.39, 0.29) is 43.6 Å². The third kappa shape index (κ3) is 6.03. The van der Waals surface area contributed by atoms with Crippen molar-refractivity contribution in [2.75, 3.05) is 33.5 Å². The van der Waals surface area contributed by atoms with Crippen molar-refractivity contribution in [1.29, 1.82) is 0 Å². The molecular weight excluding hydrogens is 486 g/mol. The summed E-state index contributed by atoms with van der Waals surface area (Å²) >= 11 is 0. The Morgan fingerprint density at radius 3 is 2.74 bits per heavy atom. The second-order valence-electron chi connectivity index (χ2n) is 10.4. The Hall–Kier alpha value is -3.77. The highest BCUT2D eigenvalue weighted by atomic mass is 16.7. The number of benzene rings is 1. The molecule has 0 radical (unpaired) electrons. The van der Waals surface area contributed by atoms with Gasteiger partial charge in [-0.25, -0.2) is 4.98 Å². The number of carbonyl (C=O) groups excluding carboxylic acids is 2. The first kappa shape index (κ1) is 27.3. The third-order valence-corrected chi connectivity index (χ3v) is 6.68. The number of fused-ring (bicyclic) bond motifs is 2. The summed E-state index contributed by atoms with van der Waals surface area (Å²) in [6.07, 6.45) is 1.88. The Bertz CT molecular complexity index is 1250. The number of carbonyl (C=O) groups is 2. The van der Waals surface area contributed by atoms with Gasteiger partial charge in [0, 0.05) is 43.3 Å². The van der Waals surface area contributed by atoms with E-state index in [0.29, 0.717) is 40.7 Å². The van der Waals surface area contributed by atoms with E-state index in [1.165, 1.54) is 0 Å². The topological polar surface area (TPSA) is 101 Å². The molecule has 2 aliphatic rings. The van der Waals surface area contributed by atoms with Gasteiger partial charge < -0.3 is 29.1 Å². The summed E-state index contributed by atoms with van der Waals surface area (Å²) in [5.41, 5.74) is 1.39. The van der Waals surface area contributed by atoms with Crippen molar-refractivity contribution in [3.05, 3.63) is 47.2 Å². The summed E-state index contributed by atoms with van der Waals surface area (Å²) in [6, 6.07) is 6.40. The predicted octanol–water partition coefficient (Wildman–Crippen LogP) is 3.20. The van der Waals surface area contributed by atoms with Crippen molar-refractivity contribution in [3.8, 4) is 29.2 Å². The minimum atomic E-state index is -0.455. The van der Waals surface area contributed by atoms with Crippen LogP contribution in [0.2, 0.25) is 0 Å². The maximum atomic E-state index is 13.5. The van der Waals surface area contributed by atoms with Gasteiger partial charge in [0.15, 0.2) is 11.5 Å². The number of pyridine rings is 1. The zero-order valence-electron chi connectivity index (χ0n) is 22.6.